The summed E-state index contributed by atoms with van der Waals surface area (Å²) in [7, 11) is 0. The highest BCUT2D eigenvalue weighted by Crippen LogP contribution is 2.24. The van der Waals surface area contributed by atoms with E-state index in [4.69, 9.17) is 9.47 Å². The molecule has 0 bridgehead atoms. The largest absolute Gasteiger partial charge is 0.493 e. The van der Waals surface area contributed by atoms with Gasteiger partial charge in [0.2, 0.25) is 5.91 Å². The van der Waals surface area contributed by atoms with Gasteiger partial charge in [-0.1, -0.05) is 54.6 Å². The molecule has 0 saturated carbocycles. The molecule has 1 heterocycles. The predicted molar refractivity (Wildman–Crippen MR) is 144 cm³/mol. The molecular formula is C30H35N3O4. The van der Waals surface area contributed by atoms with Crippen LogP contribution < -0.4 is 20.1 Å². The summed E-state index contributed by atoms with van der Waals surface area (Å²) in [6.45, 7) is 3.47. The van der Waals surface area contributed by atoms with Crippen LogP contribution in [0.25, 0.3) is 0 Å². The molecule has 0 aliphatic carbocycles. The zero-order valence-corrected chi connectivity index (χ0v) is 21.2. The Bertz CT molecular complexity index is 1140. The van der Waals surface area contributed by atoms with Crippen LogP contribution in [0, 0.1) is 0 Å². The van der Waals surface area contributed by atoms with E-state index in [-0.39, 0.29) is 18.4 Å². The quantitative estimate of drug-likeness (QED) is 0.475. The van der Waals surface area contributed by atoms with Gasteiger partial charge in [-0.05, 0) is 49.1 Å². The number of nitrogens with one attached hydrogen (secondary N) is 2. The first-order valence-corrected chi connectivity index (χ1v) is 12.9. The predicted octanol–water partition coefficient (Wildman–Crippen LogP) is 4.18. The second kappa shape index (κ2) is 14.0. The maximum Gasteiger partial charge on any atom is 0.251 e. The lowest BCUT2D eigenvalue weighted by molar-refractivity contribution is -0.122. The van der Waals surface area contributed by atoms with Crippen molar-refractivity contribution in [3.63, 3.8) is 0 Å². The topological polar surface area (TPSA) is 79.9 Å². The summed E-state index contributed by atoms with van der Waals surface area (Å²) in [5.41, 5.74) is 2.62. The fourth-order valence-electron chi connectivity index (χ4n) is 4.24. The summed E-state index contributed by atoms with van der Waals surface area (Å²) in [4.78, 5) is 27.5. The van der Waals surface area contributed by atoms with Gasteiger partial charge in [-0.2, -0.15) is 0 Å². The summed E-state index contributed by atoms with van der Waals surface area (Å²) < 4.78 is 11.8. The van der Waals surface area contributed by atoms with E-state index in [0.29, 0.717) is 50.7 Å². The Hall–Kier alpha value is -3.84. The van der Waals surface area contributed by atoms with Crippen molar-refractivity contribution in [3.8, 4) is 11.5 Å². The molecule has 0 spiro atoms. The van der Waals surface area contributed by atoms with Gasteiger partial charge in [-0.3, -0.25) is 14.5 Å². The highest BCUT2D eigenvalue weighted by molar-refractivity contribution is 5.94. The van der Waals surface area contributed by atoms with E-state index in [2.05, 4.69) is 27.7 Å². The molecule has 3 aromatic rings. The van der Waals surface area contributed by atoms with E-state index in [1.807, 2.05) is 66.7 Å². The number of nitrogens with zero attached hydrogens (tertiary/aromatic N) is 1. The Kier molecular flexibility index (Phi) is 9.95. The Morgan fingerprint density at radius 1 is 0.946 bits per heavy atom. The minimum absolute atomic E-state index is 0.0198. The standard InChI is InChI=1S/C30H35N3O4/c34-29-23-33(21-24-10-4-1-5-11-24)22-26-15-14-25(20-28(26)37-18-9-3-8-16-31-29)30(35)32-17-19-36-27-12-6-2-7-13-27/h1-2,4-7,10-15,20H,3,8-9,16-19,21-23H2,(H,31,34)(H,32,35). The van der Waals surface area contributed by atoms with Gasteiger partial charge in [-0.25, -0.2) is 0 Å². The normalized spacial score (nSPS) is 15.1. The van der Waals surface area contributed by atoms with E-state index in [9.17, 15) is 9.59 Å². The van der Waals surface area contributed by atoms with Gasteiger partial charge in [0, 0.05) is 30.8 Å². The smallest absolute Gasteiger partial charge is 0.251 e. The molecule has 3 aromatic carbocycles. The van der Waals surface area contributed by atoms with Crippen molar-refractivity contribution in [2.45, 2.75) is 32.4 Å². The number of ether oxygens (including phenoxy) is 2. The van der Waals surface area contributed by atoms with Crippen molar-refractivity contribution < 1.29 is 19.1 Å². The first kappa shape index (κ1) is 26.2. The van der Waals surface area contributed by atoms with E-state index in [0.717, 1.165) is 36.1 Å². The Morgan fingerprint density at radius 2 is 1.73 bits per heavy atom. The van der Waals surface area contributed by atoms with Gasteiger partial charge < -0.3 is 20.1 Å². The molecule has 0 radical (unpaired) electrons. The molecule has 7 heteroatoms. The highest BCUT2D eigenvalue weighted by Gasteiger charge is 2.17. The van der Waals surface area contributed by atoms with Gasteiger partial charge in [-0.15, -0.1) is 0 Å². The van der Waals surface area contributed by atoms with Gasteiger partial charge in [0.15, 0.2) is 0 Å². The molecule has 0 unspecified atom stereocenters. The second-order valence-electron chi connectivity index (χ2n) is 9.13. The third-order valence-electron chi connectivity index (χ3n) is 6.14. The lowest BCUT2D eigenvalue weighted by Crippen LogP contribution is -2.37. The van der Waals surface area contributed by atoms with Gasteiger partial charge in [0.1, 0.15) is 18.1 Å². The Morgan fingerprint density at radius 3 is 2.54 bits per heavy atom. The molecule has 0 aromatic heterocycles. The van der Waals surface area contributed by atoms with Crippen LogP contribution in [0.3, 0.4) is 0 Å². The maximum atomic E-state index is 12.8. The zero-order valence-electron chi connectivity index (χ0n) is 21.2. The Labute approximate surface area is 218 Å². The number of benzene rings is 3. The van der Waals surface area contributed by atoms with Crippen molar-refractivity contribution in [1.82, 2.24) is 15.5 Å². The van der Waals surface area contributed by atoms with Crippen molar-refractivity contribution in [2.75, 3.05) is 32.8 Å². The third-order valence-corrected chi connectivity index (χ3v) is 6.14. The van der Waals surface area contributed by atoms with Crippen LogP contribution in [-0.4, -0.2) is 49.6 Å². The molecule has 37 heavy (non-hydrogen) atoms. The fourth-order valence-corrected chi connectivity index (χ4v) is 4.24. The lowest BCUT2D eigenvalue weighted by atomic mass is 10.1. The van der Waals surface area contributed by atoms with E-state index in [1.165, 1.54) is 0 Å². The highest BCUT2D eigenvalue weighted by atomic mass is 16.5. The van der Waals surface area contributed by atoms with Gasteiger partial charge >= 0.3 is 0 Å². The molecule has 4 rings (SSSR count). The van der Waals surface area contributed by atoms with Crippen LogP contribution in [0.15, 0.2) is 78.9 Å². The number of hydrogen-bond acceptors (Lipinski definition) is 5. The molecule has 1 aliphatic heterocycles. The second-order valence-corrected chi connectivity index (χ2v) is 9.13. The van der Waals surface area contributed by atoms with Crippen LogP contribution in [0.2, 0.25) is 0 Å². The van der Waals surface area contributed by atoms with Crippen LogP contribution in [0.1, 0.15) is 40.7 Å². The number of para-hydroxylation sites is 1. The Balaban J connectivity index is 1.44. The number of fused-ring (bicyclic) bond motifs is 1. The van der Waals surface area contributed by atoms with Crippen molar-refractivity contribution in [1.29, 1.82) is 0 Å². The SMILES string of the molecule is O=C1CN(Cc2ccccc2)Cc2ccc(C(=O)NCCOc3ccccc3)cc2OCCCCCN1. The average Bonchev–Trinajstić information content (AvgIpc) is 2.93. The zero-order chi connectivity index (χ0) is 25.7. The molecular weight excluding hydrogens is 466 g/mol. The third kappa shape index (κ3) is 8.65. The molecule has 7 nitrogen and oxygen atoms in total. The van der Waals surface area contributed by atoms with Crippen molar-refractivity contribution >= 4 is 11.8 Å². The monoisotopic (exact) mass is 501 g/mol. The van der Waals surface area contributed by atoms with Crippen LogP contribution in [0.4, 0.5) is 0 Å². The summed E-state index contributed by atoms with van der Waals surface area (Å²) in [5, 5.41) is 5.95. The molecule has 1 aliphatic rings. The van der Waals surface area contributed by atoms with Crippen molar-refractivity contribution in [3.05, 3.63) is 95.6 Å². The minimum Gasteiger partial charge on any atom is -0.493 e. The van der Waals surface area contributed by atoms with E-state index in [1.54, 1.807) is 0 Å². The summed E-state index contributed by atoms with van der Waals surface area (Å²) in [6, 6.07) is 25.2. The molecule has 0 atom stereocenters. The summed E-state index contributed by atoms with van der Waals surface area (Å²) >= 11 is 0. The maximum absolute atomic E-state index is 12.8. The van der Waals surface area contributed by atoms with Crippen LogP contribution in [0.5, 0.6) is 11.5 Å². The molecule has 0 saturated heterocycles. The van der Waals surface area contributed by atoms with Crippen LogP contribution >= 0.6 is 0 Å². The lowest BCUT2D eigenvalue weighted by Gasteiger charge is -2.23. The average molecular weight is 502 g/mol. The number of carbonyl (C=O) groups is 2. The molecule has 2 N–H and O–H groups in total. The summed E-state index contributed by atoms with van der Waals surface area (Å²) in [6.07, 6.45) is 2.76. The van der Waals surface area contributed by atoms with Crippen LogP contribution in [-0.2, 0) is 17.9 Å². The minimum atomic E-state index is -0.175. The summed E-state index contributed by atoms with van der Waals surface area (Å²) in [5.74, 6) is 1.30. The van der Waals surface area contributed by atoms with E-state index >= 15 is 0 Å². The van der Waals surface area contributed by atoms with E-state index < -0.39 is 0 Å². The number of amides is 2. The fraction of sp³-hybridized carbons (Fsp3) is 0.333. The molecule has 194 valence electrons. The molecule has 0 fully saturated rings. The number of rotatable bonds is 7. The number of hydrogen-bond donors (Lipinski definition) is 2. The molecule has 2 amide bonds. The first-order chi connectivity index (χ1) is 18.2. The van der Waals surface area contributed by atoms with Crippen molar-refractivity contribution in [2.24, 2.45) is 0 Å². The number of carbonyl (C=O) groups excluding carboxylic acids is 2. The van der Waals surface area contributed by atoms with Gasteiger partial charge in [0.05, 0.1) is 19.7 Å². The first-order valence-electron chi connectivity index (χ1n) is 12.9. The van der Waals surface area contributed by atoms with Gasteiger partial charge in [0.25, 0.3) is 5.91 Å².